The zero-order valence-electron chi connectivity index (χ0n) is 14.1. The molecule has 0 unspecified atom stereocenters. The SMILES string of the molecule is CCc1ccc(NC(=O)c2ccccc2C)cc1NC(=O)CCN. The minimum absolute atomic E-state index is 0.130. The Balaban J connectivity index is 2.20. The fourth-order valence-electron chi connectivity index (χ4n) is 2.45. The summed E-state index contributed by atoms with van der Waals surface area (Å²) in [5, 5.41) is 5.74. The summed E-state index contributed by atoms with van der Waals surface area (Å²) in [5.41, 5.74) is 9.31. The first-order chi connectivity index (χ1) is 11.5. The number of aryl methyl sites for hydroxylation is 2. The lowest BCUT2D eigenvalue weighted by Crippen LogP contribution is -2.18. The highest BCUT2D eigenvalue weighted by atomic mass is 16.2. The first-order valence-electron chi connectivity index (χ1n) is 8.05. The van der Waals surface area contributed by atoms with Crippen LogP contribution < -0.4 is 16.4 Å². The Bertz CT molecular complexity index is 741. The van der Waals surface area contributed by atoms with Gasteiger partial charge >= 0.3 is 0 Å². The number of anilines is 2. The van der Waals surface area contributed by atoms with Gasteiger partial charge in [-0.2, -0.15) is 0 Å². The van der Waals surface area contributed by atoms with Gasteiger partial charge in [0, 0.05) is 29.9 Å². The van der Waals surface area contributed by atoms with Crippen LogP contribution in [0.4, 0.5) is 11.4 Å². The van der Waals surface area contributed by atoms with Crippen LogP contribution >= 0.6 is 0 Å². The van der Waals surface area contributed by atoms with Gasteiger partial charge in [-0.25, -0.2) is 0 Å². The Morgan fingerprint density at radius 1 is 1.08 bits per heavy atom. The number of rotatable bonds is 6. The van der Waals surface area contributed by atoms with Crippen molar-refractivity contribution >= 4 is 23.2 Å². The fourth-order valence-corrected chi connectivity index (χ4v) is 2.45. The third-order valence-corrected chi connectivity index (χ3v) is 3.78. The van der Waals surface area contributed by atoms with Crippen molar-refractivity contribution in [3.8, 4) is 0 Å². The molecule has 0 aromatic heterocycles. The number of carbonyl (C=O) groups is 2. The third-order valence-electron chi connectivity index (χ3n) is 3.78. The molecule has 0 bridgehead atoms. The molecular weight excluding hydrogens is 302 g/mol. The van der Waals surface area contributed by atoms with E-state index in [1.54, 1.807) is 12.1 Å². The zero-order valence-corrected chi connectivity index (χ0v) is 14.1. The van der Waals surface area contributed by atoms with E-state index in [2.05, 4.69) is 10.6 Å². The van der Waals surface area contributed by atoms with E-state index in [-0.39, 0.29) is 18.2 Å². The van der Waals surface area contributed by atoms with Crippen molar-refractivity contribution in [1.82, 2.24) is 0 Å². The van der Waals surface area contributed by atoms with Gasteiger partial charge in [0.25, 0.3) is 5.91 Å². The number of benzene rings is 2. The molecule has 0 radical (unpaired) electrons. The lowest BCUT2D eigenvalue weighted by Gasteiger charge is -2.13. The molecule has 24 heavy (non-hydrogen) atoms. The van der Waals surface area contributed by atoms with Gasteiger partial charge in [0.2, 0.25) is 5.91 Å². The molecule has 2 aromatic rings. The summed E-state index contributed by atoms with van der Waals surface area (Å²) in [5.74, 6) is -0.300. The number of hydrogen-bond acceptors (Lipinski definition) is 3. The van der Waals surface area contributed by atoms with Crippen molar-refractivity contribution in [2.45, 2.75) is 26.7 Å². The van der Waals surface area contributed by atoms with Crippen LogP contribution in [0.15, 0.2) is 42.5 Å². The summed E-state index contributed by atoms with van der Waals surface area (Å²) < 4.78 is 0. The van der Waals surface area contributed by atoms with E-state index in [0.29, 0.717) is 23.5 Å². The van der Waals surface area contributed by atoms with Crippen LogP contribution in [0, 0.1) is 6.92 Å². The van der Waals surface area contributed by atoms with Crippen LogP contribution in [-0.4, -0.2) is 18.4 Å². The number of amides is 2. The van der Waals surface area contributed by atoms with Crippen LogP contribution in [0.3, 0.4) is 0 Å². The molecule has 126 valence electrons. The molecule has 0 fully saturated rings. The summed E-state index contributed by atoms with van der Waals surface area (Å²) in [6, 6.07) is 12.9. The van der Waals surface area contributed by atoms with Crippen LogP contribution in [0.1, 0.15) is 34.8 Å². The predicted octanol–water partition coefficient (Wildman–Crippen LogP) is 3.10. The predicted molar refractivity (Wildman–Crippen MR) is 97.3 cm³/mol. The van der Waals surface area contributed by atoms with Crippen LogP contribution in [0.2, 0.25) is 0 Å². The van der Waals surface area contributed by atoms with Crippen molar-refractivity contribution < 1.29 is 9.59 Å². The second kappa shape index (κ2) is 8.26. The lowest BCUT2D eigenvalue weighted by molar-refractivity contribution is -0.116. The Morgan fingerprint density at radius 2 is 1.83 bits per heavy atom. The molecule has 2 rings (SSSR count). The van der Waals surface area contributed by atoms with E-state index in [9.17, 15) is 9.59 Å². The van der Waals surface area contributed by atoms with Crippen molar-refractivity contribution in [3.63, 3.8) is 0 Å². The summed E-state index contributed by atoms with van der Waals surface area (Å²) in [6.45, 7) is 4.21. The van der Waals surface area contributed by atoms with Crippen molar-refractivity contribution in [2.24, 2.45) is 5.73 Å². The highest BCUT2D eigenvalue weighted by Gasteiger charge is 2.11. The molecule has 0 spiro atoms. The molecule has 5 nitrogen and oxygen atoms in total. The summed E-state index contributed by atoms with van der Waals surface area (Å²) in [4.78, 5) is 24.2. The smallest absolute Gasteiger partial charge is 0.255 e. The minimum Gasteiger partial charge on any atom is -0.330 e. The Morgan fingerprint density at radius 3 is 2.50 bits per heavy atom. The largest absolute Gasteiger partial charge is 0.330 e. The van der Waals surface area contributed by atoms with Crippen LogP contribution in [0.25, 0.3) is 0 Å². The summed E-state index contributed by atoms with van der Waals surface area (Å²) in [6.07, 6.45) is 1.05. The Kier molecular flexibility index (Phi) is 6.09. The Labute approximate surface area is 142 Å². The maximum atomic E-state index is 12.4. The molecule has 0 aliphatic heterocycles. The van der Waals surface area contributed by atoms with Gasteiger partial charge in [0.15, 0.2) is 0 Å². The molecule has 0 atom stereocenters. The van der Waals surface area contributed by atoms with E-state index < -0.39 is 0 Å². The van der Waals surface area contributed by atoms with Crippen LogP contribution in [-0.2, 0) is 11.2 Å². The second-order valence-electron chi connectivity index (χ2n) is 5.58. The summed E-state index contributed by atoms with van der Waals surface area (Å²) >= 11 is 0. The molecule has 2 aromatic carbocycles. The van der Waals surface area contributed by atoms with Gasteiger partial charge in [-0.05, 0) is 42.7 Å². The maximum absolute atomic E-state index is 12.4. The van der Waals surface area contributed by atoms with Gasteiger partial charge < -0.3 is 16.4 Å². The topological polar surface area (TPSA) is 84.2 Å². The number of carbonyl (C=O) groups excluding carboxylic acids is 2. The van der Waals surface area contributed by atoms with Gasteiger partial charge in [-0.15, -0.1) is 0 Å². The van der Waals surface area contributed by atoms with Crippen molar-refractivity contribution in [2.75, 3.05) is 17.2 Å². The van der Waals surface area contributed by atoms with Gasteiger partial charge in [-0.3, -0.25) is 9.59 Å². The van der Waals surface area contributed by atoms with Gasteiger partial charge in [0.05, 0.1) is 0 Å². The van der Waals surface area contributed by atoms with Gasteiger partial charge in [0.1, 0.15) is 0 Å². The highest BCUT2D eigenvalue weighted by molar-refractivity contribution is 6.05. The normalized spacial score (nSPS) is 10.3. The quantitative estimate of drug-likeness (QED) is 0.763. The molecule has 2 amide bonds. The number of nitrogens with one attached hydrogen (secondary N) is 2. The van der Waals surface area contributed by atoms with Crippen molar-refractivity contribution in [3.05, 3.63) is 59.2 Å². The Hall–Kier alpha value is -2.66. The molecular formula is C19H23N3O2. The highest BCUT2D eigenvalue weighted by Crippen LogP contribution is 2.23. The molecule has 0 saturated heterocycles. The molecule has 4 N–H and O–H groups in total. The van der Waals surface area contributed by atoms with Gasteiger partial charge in [-0.1, -0.05) is 31.2 Å². The first kappa shape index (κ1) is 17.7. The number of hydrogen-bond donors (Lipinski definition) is 3. The first-order valence-corrected chi connectivity index (χ1v) is 8.05. The second-order valence-corrected chi connectivity index (χ2v) is 5.58. The average molecular weight is 325 g/mol. The molecule has 0 aliphatic rings. The molecule has 0 aliphatic carbocycles. The van der Waals surface area contributed by atoms with E-state index >= 15 is 0 Å². The van der Waals surface area contributed by atoms with E-state index in [0.717, 1.165) is 17.5 Å². The third kappa shape index (κ3) is 4.43. The number of nitrogens with two attached hydrogens (primary N) is 1. The standard InChI is InChI=1S/C19H23N3O2/c1-3-14-8-9-15(12-17(14)22-18(23)10-11-20)21-19(24)16-7-5-4-6-13(16)2/h4-9,12H,3,10-11,20H2,1-2H3,(H,21,24)(H,22,23). The molecule has 0 saturated carbocycles. The van der Waals surface area contributed by atoms with E-state index in [1.807, 2.05) is 44.2 Å². The van der Waals surface area contributed by atoms with E-state index in [4.69, 9.17) is 5.73 Å². The minimum atomic E-state index is -0.170. The molecule has 5 heteroatoms. The fraction of sp³-hybridized carbons (Fsp3) is 0.263. The zero-order chi connectivity index (χ0) is 17.5. The molecule has 0 heterocycles. The summed E-state index contributed by atoms with van der Waals surface area (Å²) in [7, 11) is 0. The van der Waals surface area contributed by atoms with Crippen molar-refractivity contribution in [1.29, 1.82) is 0 Å². The monoisotopic (exact) mass is 325 g/mol. The van der Waals surface area contributed by atoms with Crippen LogP contribution in [0.5, 0.6) is 0 Å². The van der Waals surface area contributed by atoms with E-state index in [1.165, 1.54) is 0 Å². The maximum Gasteiger partial charge on any atom is 0.255 e. The average Bonchev–Trinajstić information content (AvgIpc) is 2.55. The lowest BCUT2D eigenvalue weighted by atomic mass is 10.1.